The first-order chi connectivity index (χ1) is 11.7. The van der Waals surface area contributed by atoms with Gasteiger partial charge < -0.3 is 15.5 Å². The lowest BCUT2D eigenvalue weighted by atomic mass is 10.1. The highest BCUT2D eigenvalue weighted by Gasteiger charge is 2.11. The van der Waals surface area contributed by atoms with Gasteiger partial charge in [0.25, 0.3) is 5.91 Å². The summed E-state index contributed by atoms with van der Waals surface area (Å²) in [7, 11) is 0. The maximum Gasteiger partial charge on any atom is 0.251 e. The van der Waals surface area contributed by atoms with Gasteiger partial charge in [-0.3, -0.25) is 9.69 Å². The second kappa shape index (κ2) is 14.1. The van der Waals surface area contributed by atoms with Gasteiger partial charge >= 0.3 is 0 Å². The van der Waals surface area contributed by atoms with Crippen LogP contribution < -0.4 is 15.5 Å². The zero-order valence-corrected chi connectivity index (χ0v) is 17.6. The molecule has 1 saturated heterocycles. The lowest BCUT2D eigenvalue weighted by molar-refractivity contribution is 0.0947. The van der Waals surface area contributed by atoms with Crippen LogP contribution in [-0.4, -0.2) is 63.2 Å². The molecular weight excluding hydrogens is 371 g/mol. The standard InChI is InChI=1S/C19H32N4O.2ClH/c1-3-5-13-23(4-2)18-8-6-17(7-9-18)19(24)21-12-16-22-14-10-20-11-15-22;;/h6-9,20H,3-5,10-16H2,1-2H3,(H,21,24);2*1H. The van der Waals surface area contributed by atoms with Crippen molar-refractivity contribution in [2.75, 3.05) is 57.3 Å². The van der Waals surface area contributed by atoms with Crippen LogP contribution in [-0.2, 0) is 0 Å². The van der Waals surface area contributed by atoms with E-state index in [1.807, 2.05) is 12.1 Å². The number of unbranched alkanes of at least 4 members (excludes halogenated alkanes) is 1. The molecule has 150 valence electrons. The van der Waals surface area contributed by atoms with E-state index in [0.717, 1.165) is 51.4 Å². The van der Waals surface area contributed by atoms with Crippen LogP contribution in [0.15, 0.2) is 24.3 Å². The fourth-order valence-electron chi connectivity index (χ4n) is 3.01. The van der Waals surface area contributed by atoms with Crippen LogP contribution in [0.4, 0.5) is 5.69 Å². The number of nitrogens with zero attached hydrogens (tertiary/aromatic N) is 2. The van der Waals surface area contributed by atoms with Gasteiger partial charge in [0.05, 0.1) is 0 Å². The van der Waals surface area contributed by atoms with Crippen molar-refractivity contribution in [1.82, 2.24) is 15.5 Å². The lowest BCUT2D eigenvalue weighted by Crippen LogP contribution is -2.46. The van der Waals surface area contributed by atoms with E-state index in [4.69, 9.17) is 0 Å². The molecule has 0 bridgehead atoms. The molecule has 1 aromatic rings. The first-order valence-electron chi connectivity index (χ1n) is 9.31. The summed E-state index contributed by atoms with van der Waals surface area (Å²) in [5.74, 6) is 0.0216. The summed E-state index contributed by atoms with van der Waals surface area (Å²) in [6.07, 6.45) is 2.40. The van der Waals surface area contributed by atoms with Crippen molar-refractivity contribution >= 4 is 36.4 Å². The fourth-order valence-corrected chi connectivity index (χ4v) is 3.01. The molecule has 1 amide bonds. The van der Waals surface area contributed by atoms with Crippen LogP contribution in [0.3, 0.4) is 0 Å². The predicted octanol–water partition coefficient (Wildman–Crippen LogP) is 2.79. The topological polar surface area (TPSA) is 47.6 Å². The third-order valence-electron chi connectivity index (χ3n) is 4.58. The fraction of sp³-hybridized carbons (Fsp3) is 0.632. The number of carbonyl (C=O) groups excluding carboxylic acids is 1. The smallest absolute Gasteiger partial charge is 0.251 e. The Labute approximate surface area is 170 Å². The van der Waals surface area contributed by atoms with E-state index in [1.165, 1.54) is 18.5 Å². The normalized spacial score (nSPS) is 14.1. The van der Waals surface area contributed by atoms with Crippen molar-refractivity contribution < 1.29 is 4.79 Å². The van der Waals surface area contributed by atoms with Crippen LogP contribution >= 0.6 is 24.8 Å². The molecule has 0 unspecified atom stereocenters. The van der Waals surface area contributed by atoms with Gasteiger partial charge in [-0.25, -0.2) is 0 Å². The van der Waals surface area contributed by atoms with Crippen molar-refractivity contribution in [3.63, 3.8) is 0 Å². The van der Waals surface area contributed by atoms with Gasteiger partial charge in [-0.2, -0.15) is 0 Å². The van der Waals surface area contributed by atoms with E-state index >= 15 is 0 Å². The molecular formula is C19H34Cl2N4O. The number of benzene rings is 1. The molecule has 5 nitrogen and oxygen atoms in total. The Hall–Kier alpha value is -1.01. The van der Waals surface area contributed by atoms with Crippen LogP contribution in [0.25, 0.3) is 0 Å². The molecule has 1 aliphatic rings. The largest absolute Gasteiger partial charge is 0.372 e. The zero-order valence-electron chi connectivity index (χ0n) is 16.0. The van der Waals surface area contributed by atoms with Crippen LogP contribution in [0.5, 0.6) is 0 Å². The molecule has 0 aliphatic carbocycles. The minimum absolute atomic E-state index is 0. The van der Waals surface area contributed by atoms with Gasteiger partial charge in [0, 0.05) is 63.6 Å². The number of rotatable bonds is 9. The Morgan fingerprint density at radius 2 is 1.81 bits per heavy atom. The van der Waals surface area contributed by atoms with Crippen LogP contribution in [0.1, 0.15) is 37.0 Å². The van der Waals surface area contributed by atoms with E-state index in [9.17, 15) is 4.79 Å². The number of hydrogen-bond donors (Lipinski definition) is 2. The monoisotopic (exact) mass is 404 g/mol. The average Bonchev–Trinajstić information content (AvgIpc) is 2.63. The summed E-state index contributed by atoms with van der Waals surface area (Å²) in [4.78, 5) is 17.0. The Morgan fingerprint density at radius 3 is 2.38 bits per heavy atom. The number of carbonyl (C=O) groups is 1. The molecule has 1 fully saturated rings. The number of anilines is 1. The lowest BCUT2D eigenvalue weighted by Gasteiger charge is -2.27. The maximum absolute atomic E-state index is 12.3. The molecule has 0 radical (unpaired) electrons. The summed E-state index contributed by atoms with van der Waals surface area (Å²) in [5, 5.41) is 6.37. The SMILES string of the molecule is CCCCN(CC)c1ccc(C(=O)NCCN2CCNCC2)cc1.Cl.Cl. The Morgan fingerprint density at radius 1 is 1.15 bits per heavy atom. The van der Waals surface area contributed by atoms with E-state index in [1.54, 1.807) is 0 Å². The summed E-state index contributed by atoms with van der Waals surface area (Å²) in [6.45, 7) is 12.3. The number of piperazine rings is 1. The minimum atomic E-state index is 0. The summed E-state index contributed by atoms with van der Waals surface area (Å²) in [6, 6.07) is 7.99. The predicted molar refractivity (Wildman–Crippen MR) is 115 cm³/mol. The highest BCUT2D eigenvalue weighted by molar-refractivity contribution is 5.94. The molecule has 7 heteroatoms. The number of amides is 1. The zero-order chi connectivity index (χ0) is 17.2. The minimum Gasteiger partial charge on any atom is -0.372 e. The average molecular weight is 405 g/mol. The molecule has 1 aromatic carbocycles. The van der Waals surface area contributed by atoms with Crippen molar-refractivity contribution in [3.8, 4) is 0 Å². The Balaban J connectivity index is 0.00000312. The molecule has 1 heterocycles. The molecule has 2 rings (SSSR count). The molecule has 0 aromatic heterocycles. The number of hydrogen-bond acceptors (Lipinski definition) is 4. The third-order valence-corrected chi connectivity index (χ3v) is 4.58. The van der Waals surface area contributed by atoms with E-state index in [0.29, 0.717) is 6.54 Å². The number of halogens is 2. The molecule has 0 spiro atoms. The van der Waals surface area contributed by atoms with E-state index in [-0.39, 0.29) is 30.7 Å². The van der Waals surface area contributed by atoms with Gasteiger partial charge in [-0.1, -0.05) is 13.3 Å². The molecule has 26 heavy (non-hydrogen) atoms. The molecule has 2 N–H and O–H groups in total. The van der Waals surface area contributed by atoms with Gasteiger partial charge in [0.2, 0.25) is 0 Å². The Bertz CT molecular complexity index is 493. The van der Waals surface area contributed by atoms with Gasteiger partial charge in [0.15, 0.2) is 0 Å². The first-order valence-corrected chi connectivity index (χ1v) is 9.31. The van der Waals surface area contributed by atoms with Crippen molar-refractivity contribution in [1.29, 1.82) is 0 Å². The second-order valence-corrected chi connectivity index (χ2v) is 6.33. The van der Waals surface area contributed by atoms with Crippen molar-refractivity contribution in [3.05, 3.63) is 29.8 Å². The van der Waals surface area contributed by atoms with Gasteiger partial charge in [0.1, 0.15) is 0 Å². The molecule has 1 aliphatic heterocycles. The van der Waals surface area contributed by atoms with Crippen molar-refractivity contribution in [2.45, 2.75) is 26.7 Å². The van der Waals surface area contributed by atoms with Gasteiger partial charge in [-0.15, -0.1) is 24.8 Å². The quantitative estimate of drug-likeness (QED) is 0.664. The molecule has 0 atom stereocenters. The highest BCUT2D eigenvalue weighted by Crippen LogP contribution is 2.16. The highest BCUT2D eigenvalue weighted by atomic mass is 35.5. The third kappa shape index (κ3) is 8.12. The molecule has 0 saturated carbocycles. The number of nitrogens with one attached hydrogen (secondary N) is 2. The summed E-state index contributed by atoms with van der Waals surface area (Å²) < 4.78 is 0. The first kappa shape index (κ1) is 25.0. The Kier molecular flexibility index (Phi) is 13.6. The van der Waals surface area contributed by atoms with Crippen LogP contribution in [0.2, 0.25) is 0 Å². The van der Waals surface area contributed by atoms with Crippen molar-refractivity contribution in [2.24, 2.45) is 0 Å². The van der Waals surface area contributed by atoms with Gasteiger partial charge in [-0.05, 0) is 37.6 Å². The maximum atomic E-state index is 12.3. The summed E-state index contributed by atoms with van der Waals surface area (Å²) in [5.41, 5.74) is 1.94. The van der Waals surface area contributed by atoms with Crippen LogP contribution in [0, 0.1) is 0 Å². The van der Waals surface area contributed by atoms with E-state index in [2.05, 4.69) is 46.4 Å². The summed E-state index contributed by atoms with van der Waals surface area (Å²) >= 11 is 0. The second-order valence-electron chi connectivity index (χ2n) is 6.33. The van der Waals surface area contributed by atoms with E-state index < -0.39 is 0 Å².